The fraction of sp³-hybridized carbons (Fsp3) is 0.714. The van der Waals surface area contributed by atoms with Gasteiger partial charge in [0.15, 0.2) is 0 Å². The highest BCUT2D eigenvalue weighted by molar-refractivity contribution is 5.37. The zero-order valence-electron chi connectivity index (χ0n) is 15.5. The number of para-hydroxylation sites is 1. The van der Waals surface area contributed by atoms with Crippen LogP contribution in [0, 0.1) is 0 Å². The summed E-state index contributed by atoms with van der Waals surface area (Å²) >= 11 is 0. The molecule has 0 aliphatic carbocycles. The maximum Gasteiger partial charge on any atom is 0.124 e. The van der Waals surface area contributed by atoms with Gasteiger partial charge in [-0.2, -0.15) is 0 Å². The largest absolute Gasteiger partial charge is 0.488 e. The number of piperidine rings is 1. The maximum absolute atomic E-state index is 6.27. The average molecular weight is 358 g/mol. The van der Waals surface area contributed by atoms with Gasteiger partial charge in [-0.05, 0) is 49.9 Å². The number of ether oxygens (including phenoxy) is 3. The second-order valence-corrected chi connectivity index (χ2v) is 8.41. The van der Waals surface area contributed by atoms with Crippen molar-refractivity contribution >= 4 is 0 Å². The van der Waals surface area contributed by atoms with Crippen molar-refractivity contribution in [1.29, 1.82) is 0 Å². The molecule has 5 heteroatoms. The molecule has 26 heavy (non-hydrogen) atoms. The molecule has 0 aromatic heterocycles. The minimum atomic E-state index is 0.158. The van der Waals surface area contributed by atoms with Gasteiger partial charge in [-0.3, -0.25) is 4.90 Å². The quantitative estimate of drug-likeness (QED) is 0.894. The Kier molecular flexibility index (Phi) is 4.65. The molecule has 4 saturated heterocycles. The van der Waals surface area contributed by atoms with Gasteiger partial charge in [-0.1, -0.05) is 18.2 Å². The lowest BCUT2D eigenvalue weighted by Gasteiger charge is -2.40. The topological polar surface area (TPSA) is 43.0 Å². The van der Waals surface area contributed by atoms with Crippen molar-refractivity contribution in [3.8, 4) is 5.75 Å². The van der Waals surface area contributed by atoms with Crippen LogP contribution in [0.15, 0.2) is 24.3 Å². The van der Waals surface area contributed by atoms with Crippen LogP contribution in [0.1, 0.15) is 37.2 Å². The fourth-order valence-corrected chi connectivity index (χ4v) is 4.99. The highest BCUT2D eigenvalue weighted by Crippen LogP contribution is 2.38. The second kappa shape index (κ2) is 7.12. The first-order valence-corrected chi connectivity index (χ1v) is 10.2. The summed E-state index contributed by atoms with van der Waals surface area (Å²) in [5.74, 6) is 1.68. The minimum Gasteiger partial charge on any atom is -0.488 e. The number of nitrogens with zero attached hydrogens (tertiary/aromatic N) is 1. The van der Waals surface area contributed by atoms with Crippen molar-refractivity contribution in [1.82, 2.24) is 10.2 Å². The number of likely N-dealkylation sites (tertiary alicyclic amines) is 1. The third kappa shape index (κ3) is 3.26. The number of hydrogen-bond acceptors (Lipinski definition) is 5. The summed E-state index contributed by atoms with van der Waals surface area (Å²) in [6.45, 7) is 6.88. The molecule has 0 saturated carbocycles. The Morgan fingerprint density at radius 2 is 1.92 bits per heavy atom. The Morgan fingerprint density at radius 1 is 1.08 bits per heavy atom. The van der Waals surface area contributed by atoms with Gasteiger partial charge < -0.3 is 19.5 Å². The highest BCUT2D eigenvalue weighted by Gasteiger charge is 2.47. The van der Waals surface area contributed by atoms with Crippen LogP contribution in [0.3, 0.4) is 0 Å². The van der Waals surface area contributed by atoms with Crippen molar-refractivity contribution in [2.75, 3.05) is 46.0 Å². The summed E-state index contributed by atoms with van der Waals surface area (Å²) in [5, 5.41) is 3.37. The molecule has 4 heterocycles. The predicted octanol–water partition coefficient (Wildman–Crippen LogP) is 2.16. The zero-order chi connectivity index (χ0) is 17.4. The first kappa shape index (κ1) is 17.0. The lowest BCUT2D eigenvalue weighted by molar-refractivity contribution is -0.0367. The summed E-state index contributed by atoms with van der Waals surface area (Å²) in [5.41, 5.74) is 1.55. The van der Waals surface area contributed by atoms with E-state index in [4.69, 9.17) is 14.2 Å². The predicted molar refractivity (Wildman–Crippen MR) is 99.8 cm³/mol. The number of hydrogen-bond donors (Lipinski definition) is 1. The first-order chi connectivity index (χ1) is 12.8. The fourth-order valence-electron chi connectivity index (χ4n) is 4.99. The van der Waals surface area contributed by atoms with Gasteiger partial charge in [-0.15, -0.1) is 0 Å². The van der Waals surface area contributed by atoms with Gasteiger partial charge in [0.25, 0.3) is 0 Å². The molecule has 1 aromatic carbocycles. The zero-order valence-corrected chi connectivity index (χ0v) is 15.5. The maximum atomic E-state index is 6.27. The van der Waals surface area contributed by atoms with E-state index in [0.29, 0.717) is 12.0 Å². The Bertz CT molecular complexity index is 619. The molecule has 1 N–H and O–H groups in total. The molecule has 4 fully saturated rings. The molecule has 2 unspecified atom stereocenters. The third-order valence-corrected chi connectivity index (χ3v) is 6.67. The lowest BCUT2D eigenvalue weighted by Crippen LogP contribution is -2.59. The molecular formula is C21H30N2O3. The number of benzene rings is 1. The summed E-state index contributed by atoms with van der Waals surface area (Å²) < 4.78 is 17.8. The van der Waals surface area contributed by atoms with E-state index in [0.717, 1.165) is 45.1 Å². The van der Waals surface area contributed by atoms with E-state index in [1.54, 1.807) is 0 Å². The van der Waals surface area contributed by atoms with Crippen molar-refractivity contribution in [2.45, 2.75) is 49.3 Å². The van der Waals surface area contributed by atoms with Crippen molar-refractivity contribution in [3.05, 3.63) is 29.8 Å². The van der Waals surface area contributed by atoms with E-state index in [9.17, 15) is 0 Å². The van der Waals surface area contributed by atoms with E-state index in [2.05, 4.69) is 34.5 Å². The smallest absolute Gasteiger partial charge is 0.124 e. The molecule has 5 nitrogen and oxygen atoms in total. The van der Waals surface area contributed by atoms with Crippen LogP contribution in [0.5, 0.6) is 5.75 Å². The molecule has 1 spiro atoms. The molecular weight excluding hydrogens is 328 g/mol. The van der Waals surface area contributed by atoms with Crippen LogP contribution < -0.4 is 10.1 Å². The summed E-state index contributed by atoms with van der Waals surface area (Å²) in [6.07, 6.45) is 4.85. The van der Waals surface area contributed by atoms with Crippen molar-refractivity contribution in [3.63, 3.8) is 0 Å². The third-order valence-electron chi connectivity index (χ3n) is 6.67. The molecule has 2 atom stereocenters. The first-order valence-electron chi connectivity index (χ1n) is 10.2. The van der Waals surface area contributed by atoms with Crippen LogP contribution in [0.2, 0.25) is 0 Å². The number of nitrogens with one attached hydrogen (secondary N) is 1. The van der Waals surface area contributed by atoms with E-state index < -0.39 is 0 Å². The van der Waals surface area contributed by atoms with Crippen molar-refractivity contribution in [2.24, 2.45) is 0 Å². The molecule has 1 aromatic rings. The van der Waals surface area contributed by atoms with Crippen molar-refractivity contribution < 1.29 is 14.2 Å². The van der Waals surface area contributed by atoms with Crippen LogP contribution in [0.25, 0.3) is 0 Å². The lowest BCUT2D eigenvalue weighted by atomic mass is 9.86. The van der Waals surface area contributed by atoms with E-state index in [1.165, 1.54) is 37.9 Å². The summed E-state index contributed by atoms with van der Waals surface area (Å²) in [4.78, 5) is 2.66. The normalized spacial score (nSPS) is 32.0. The second-order valence-electron chi connectivity index (χ2n) is 8.41. The summed E-state index contributed by atoms with van der Waals surface area (Å²) in [6, 6.07) is 9.25. The molecule has 0 amide bonds. The molecule has 5 rings (SSSR count). The Hall–Kier alpha value is -1.14. The van der Waals surface area contributed by atoms with Crippen LogP contribution >= 0.6 is 0 Å². The Balaban J connectivity index is 1.20. The molecule has 0 bridgehead atoms. The average Bonchev–Trinajstić information content (AvgIpc) is 3.32. The Labute approximate surface area is 156 Å². The van der Waals surface area contributed by atoms with Gasteiger partial charge in [-0.25, -0.2) is 0 Å². The van der Waals surface area contributed by atoms with Crippen LogP contribution in [0.4, 0.5) is 0 Å². The molecule has 142 valence electrons. The van der Waals surface area contributed by atoms with E-state index in [1.807, 2.05) is 0 Å². The minimum absolute atomic E-state index is 0.158. The van der Waals surface area contributed by atoms with Gasteiger partial charge >= 0.3 is 0 Å². The van der Waals surface area contributed by atoms with E-state index >= 15 is 0 Å². The van der Waals surface area contributed by atoms with E-state index in [-0.39, 0.29) is 11.7 Å². The van der Waals surface area contributed by atoms with Crippen LogP contribution in [-0.4, -0.2) is 68.6 Å². The SMILES string of the molecule is c1ccc(C2CCN(C3COC4(CNC4)C3)CC2)c(OC2CCOC2)c1. The van der Waals surface area contributed by atoms with Gasteiger partial charge in [0, 0.05) is 25.6 Å². The van der Waals surface area contributed by atoms with Crippen LogP contribution in [-0.2, 0) is 9.47 Å². The van der Waals surface area contributed by atoms with Gasteiger partial charge in [0.2, 0.25) is 0 Å². The standard InChI is InChI=1S/C21H30N2O3/c1-2-4-20(26-18-7-10-24-13-18)19(3-1)16-5-8-23(9-6-16)17-11-21(25-12-17)14-22-15-21/h1-4,16-18,22H,5-15H2. The monoisotopic (exact) mass is 358 g/mol. The van der Waals surface area contributed by atoms with Gasteiger partial charge in [0.1, 0.15) is 11.9 Å². The molecule has 4 aliphatic heterocycles. The number of rotatable bonds is 4. The molecule has 0 radical (unpaired) electrons. The Morgan fingerprint density at radius 3 is 2.62 bits per heavy atom. The molecule has 4 aliphatic rings. The highest BCUT2D eigenvalue weighted by atomic mass is 16.5. The summed E-state index contributed by atoms with van der Waals surface area (Å²) in [7, 11) is 0. The van der Waals surface area contributed by atoms with Gasteiger partial charge in [0.05, 0.1) is 25.4 Å².